The van der Waals surface area contributed by atoms with Gasteiger partial charge in [0.1, 0.15) is 0 Å². The average Bonchev–Trinajstić information content (AvgIpc) is 2.77. The van der Waals surface area contributed by atoms with Crippen LogP contribution in [0.15, 0.2) is 24.3 Å². The molecule has 0 aliphatic heterocycles. The molecule has 19 heavy (non-hydrogen) atoms. The Labute approximate surface area is 111 Å². The Kier molecular flexibility index (Phi) is 3.43. The fourth-order valence-electron chi connectivity index (χ4n) is 2.39. The van der Waals surface area contributed by atoms with E-state index in [2.05, 4.69) is 16.6 Å². The molecule has 0 saturated carbocycles. The van der Waals surface area contributed by atoms with Gasteiger partial charge >= 0.3 is 12.0 Å². The lowest BCUT2D eigenvalue weighted by Gasteiger charge is -2.26. The fraction of sp³-hybridized carbons (Fsp3) is 0.286. The quantitative estimate of drug-likeness (QED) is 0.703. The van der Waals surface area contributed by atoms with Crippen molar-refractivity contribution >= 4 is 12.0 Å². The summed E-state index contributed by atoms with van der Waals surface area (Å²) >= 11 is 0. The third-order valence-electron chi connectivity index (χ3n) is 3.29. The second-order valence-electron chi connectivity index (χ2n) is 4.38. The number of hydrogen-bond donors (Lipinski definition) is 3. The molecule has 0 saturated heterocycles. The Morgan fingerprint density at radius 1 is 1.42 bits per heavy atom. The highest BCUT2D eigenvalue weighted by molar-refractivity contribution is 5.88. The summed E-state index contributed by atoms with van der Waals surface area (Å²) in [6, 6.07) is 6.66. The maximum absolute atomic E-state index is 11.7. The first kappa shape index (κ1) is 13.0. The van der Waals surface area contributed by atoms with Crippen LogP contribution >= 0.6 is 0 Å². The number of carboxylic acids is 1. The molecule has 0 fully saturated rings. The van der Waals surface area contributed by atoms with Crippen LogP contribution in [0.1, 0.15) is 17.5 Å². The Morgan fingerprint density at radius 3 is 2.84 bits per heavy atom. The van der Waals surface area contributed by atoms with Crippen LogP contribution < -0.4 is 10.6 Å². The highest BCUT2D eigenvalue weighted by Crippen LogP contribution is 2.37. The van der Waals surface area contributed by atoms with Gasteiger partial charge in [-0.1, -0.05) is 30.2 Å². The third kappa shape index (κ3) is 2.25. The molecule has 0 aromatic heterocycles. The molecule has 5 nitrogen and oxygen atoms in total. The van der Waals surface area contributed by atoms with E-state index in [9.17, 15) is 14.7 Å². The molecule has 1 aliphatic rings. The molecule has 2 rings (SSSR count). The van der Waals surface area contributed by atoms with Gasteiger partial charge in [0.05, 0.1) is 6.54 Å². The zero-order valence-electron chi connectivity index (χ0n) is 10.3. The number of urea groups is 1. The minimum atomic E-state index is -1.37. The summed E-state index contributed by atoms with van der Waals surface area (Å²) in [6.07, 6.45) is 6.01. The molecule has 1 aromatic carbocycles. The summed E-state index contributed by atoms with van der Waals surface area (Å²) in [5, 5.41) is 14.5. The number of aliphatic carboxylic acids is 1. The minimum Gasteiger partial charge on any atom is -0.479 e. The number of terminal acetylenes is 1. The summed E-state index contributed by atoms with van der Waals surface area (Å²) in [6.45, 7) is 0.0587. The molecule has 1 atom stereocenters. The Bertz CT molecular complexity index is 562. The van der Waals surface area contributed by atoms with Crippen LogP contribution in [0.2, 0.25) is 0 Å². The molecule has 3 N–H and O–H groups in total. The van der Waals surface area contributed by atoms with Crippen molar-refractivity contribution in [2.75, 3.05) is 6.54 Å². The SMILES string of the molecule is C#CCNC(=O)NC1(C(=O)O)CCc2ccccc21. The number of fused-ring (bicyclic) bond motifs is 1. The topological polar surface area (TPSA) is 78.4 Å². The molecular weight excluding hydrogens is 244 g/mol. The molecular formula is C14H14N2O3. The van der Waals surface area contributed by atoms with Crippen molar-refractivity contribution in [1.82, 2.24) is 10.6 Å². The van der Waals surface area contributed by atoms with Gasteiger partial charge in [-0.3, -0.25) is 0 Å². The van der Waals surface area contributed by atoms with Crippen LogP contribution in [0.3, 0.4) is 0 Å². The number of hydrogen-bond acceptors (Lipinski definition) is 2. The van der Waals surface area contributed by atoms with Crippen molar-refractivity contribution in [3.63, 3.8) is 0 Å². The first-order valence-electron chi connectivity index (χ1n) is 5.91. The molecule has 98 valence electrons. The second-order valence-corrected chi connectivity index (χ2v) is 4.38. The largest absolute Gasteiger partial charge is 0.479 e. The van der Waals surface area contributed by atoms with Crippen LogP contribution in [0.5, 0.6) is 0 Å². The van der Waals surface area contributed by atoms with Crippen molar-refractivity contribution in [1.29, 1.82) is 0 Å². The first-order chi connectivity index (χ1) is 9.10. The maximum Gasteiger partial charge on any atom is 0.334 e. The number of carbonyl (C=O) groups excluding carboxylic acids is 1. The van der Waals surface area contributed by atoms with E-state index < -0.39 is 17.5 Å². The van der Waals surface area contributed by atoms with Crippen LogP contribution in [0, 0.1) is 12.3 Å². The van der Waals surface area contributed by atoms with Crippen LogP contribution in [0.4, 0.5) is 4.79 Å². The van der Waals surface area contributed by atoms with Gasteiger partial charge < -0.3 is 15.7 Å². The summed E-state index contributed by atoms with van der Waals surface area (Å²) < 4.78 is 0. The first-order valence-corrected chi connectivity index (χ1v) is 5.91. The van der Waals surface area contributed by atoms with E-state index >= 15 is 0 Å². The monoisotopic (exact) mass is 258 g/mol. The lowest BCUT2D eigenvalue weighted by atomic mass is 9.92. The molecule has 0 heterocycles. The van der Waals surface area contributed by atoms with E-state index in [-0.39, 0.29) is 6.54 Å². The number of amides is 2. The maximum atomic E-state index is 11.7. The lowest BCUT2D eigenvalue weighted by Crippen LogP contribution is -2.53. The van der Waals surface area contributed by atoms with Crippen molar-refractivity contribution in [3.05, 3.63) is 35.4 Å². The second kappa shape index (κ2) is 5.02. The van der Waals surface area contributed by atoms with E-state index in [1.54, 1.807) is 12.1 Å². The van der Waals surface area contributed by atoms with Crippen LogP contribution in [-0.4, -0.2) is 23.7 Å². The number of rotatable bonds is 3. The van der Waals surface area contributed by atoms with Gasteiger partial charge in [0.25, 0.3) is 0 Å². The van der Waals surface area contributed by atoms with Crippen LogP contribution in [-0.2, 0) is 16.8 Å². The predicted molar refractivity (Wildman–Crippen MR) is 69.4 cm³/mol. The highest BCUT2D eigenvalue weighted by Gasteiger charge is 2.46. The average molecular weight is 258 g/mol. The molecule has 5 heteroatoms. The van der Waals surface area contributed by atoms with E-state index in [1.807, 2.05) is 12.1 Å². The van der Waals surface area contributed by atoms with Crippen molar-refractivity contribution in [2.24, 2.45) is 0 Å². The van der Waals surface area contributed by atoms with E-state index in [1.165, 1.54) is 0 Å². The normalized spacial score (nSPS) is 20.2. The standard InChI is InChI=1S/C14H14N2O3/c1-2-9-15-13(19)16-14(12(17)18)8-7-10-5-3-4-6-11(10)14/h1,3-6H,7-9H2,(H,17,18)(H2,15,16,19). The molecule has 0 bridgehead atoms. The van der Waals surface area contributed by atoms with Crippen molar-refractivity contribution in [2.45, 2.75) is 18.4 Å². The molecule has 0 spiro atoms. The zero-order chi connectivity index (χ0) is 13.9. The third-order valence-corrected chi connectivity index (χ3v) is 3.29. The van der Waals surface area contributed by atoms with E-state index in [0.29, 0.717) is 18.4 Å². The van der Waals surface area contributed by atoms with Gasteiger partial charge in [-0.15, -0.1) is 6.42 Å². The summed E-state index contributed by atoms with van der Waals surface area (Å²) in [5.41, 5.74) is 0.218. The fourth-order valence-corrected chi connectivity index (χ4v) is 2.39. The van der Waals surface area contributed by atoms with Crippen molar-refractivity contribution < 1.29 is 14.7 Å². The summed E-state index contributed by atoms with van der Waals surface area (Å²) in [4.78, 5) is 23.3. The minimum absolute atomic E-state index is 0.0587. The summed E-state index contributed by atoms with van der Waals surface area (Å²) in [7, 11) is 0. The Morgan fingerprint density at radius 2 is 2.16 bits per heavy atom. The van der Waals surface area contributed by atoms with Crippen molar-refractivity contribution in [3.8, 4) is 12.3 Å². The Balaban J connectivity index is 2.29. The van der Waals surface area contributed by atoms with E-state index in [0.717, 1.165) is 5.56 Å². The molecule has 1 aromatic rings. The number of carbonyl (C=O) groups is 2. The predicted octanol–water partition coefficient (Wildman–Crippen LogP) is 0.845. The number of carboxylic acid groups (broad SMARTS) is 1. The number of benzene rings is 1. The Hall–Kier alpha value is -2.48. The highest BCUT2D eigenvalue weighted by atomic mass is 16.4. The van der Waals surface area contributed by atoms with E-state index in [4.69, 9.17) is 6.42 Å². The molecule has 1 unspecified atom stereocenters. The lowest BCUT2D eigenvalue weighted by molar-refractivity contribution is -0.144. The van der Waals surface area contributed by atoms with Crippen LogP contribution in [0.25, 0.3) is 0 Å². The van der Waals surface area contributed by atoms with Gasteiger partial charge in [-0.05, 0) is 24.0 Å². The number of aryl methyl sites for hydroxylation is 1. The van der Waals surface area contributed by atoms with Gasteiger partial charge in [0.15, 0.2) is 5.54 Å². The van der Waals surface area contributed by atoms with Gasteiger partial charge in [-0.2, -0.15) is 0 Å². The smallest absolute Gasteiger partial charge is 0.334 e. The number of nitrogens with one attached hydrogen (secondary N) is 2. The molecule has 0 radical (unpaired) electrons. The summed E-state index contributed by atoms with van der Waals surface area (Å²) in [5.74, 6) is 1.20. The molecule has 1 aliphatic carbocycles. The molecule has 2 amide bonds. The van der Waals surface area contributed by atoms with Gasteiger partial charge in [0, 0.05) is 0 Å². The van der Waals surface area contributed by atoms with Gasteiger partial charge in [0.2, 0.25) is 0 Å². The van der Waals surface area contributed by atoms with Gasteiger partial charge in [-0.25, -0.2) is 9.59 Å². The zero-order valence-corrected chi connectivity index (χ0v) is 10.3.